The lowest BCUT2D eigenvalue weighted by Gasteiger charge is -2.39. The molecule has 102 valence electrons. The van der Waals surface area contributed by atoms with E-state index in [9.17, 15) is 0 Å². The van der Waals surface area contributed by atoms with Crippen LogP contribution in [0.3, 0.4) is 0 Å². The van der Waals surface area contributed by atoms with Crippen molar-refractivity contribution in [3.63, 3.8) is 0 Å². The second kappa shape index (κ2) is 7.38. The predicted octanol–water partition coefficient (Wildman–Crippen LogP) is 3.61. The highest BCUT2D eigenvalue weighted by Crippen LogP contribution is 2.35. The number of ether oxygens (including phenoxy) is 1. The minimum absolute atomic E-state index is 0.468. The third-order valence-electron chi connectivity index (χ3n) is 3.98. The van der Waals surface area contributed by atoms with E-state index in [2.05, 4.69) is 33.0 Å². The van der Waals surface area contributed by atoms with E-state index in [4.69, 9.17) is 4.74 Å². The van der Waals surface area contributed by atoms with E-state index in [1.807, 2.05) is 0 Å². The van der Waals surface area contributed by atoms with Gasteiger partial charge in [-0.15, -0.1) is 0 Å². The topological polar surface area (TPSA) is 21.3 Å². The average molecular weight is 241 g/mol. The smallest absolute Gasteiger partial charge is 0.0591 e. The molecule has 0 spiro atoms. The van der Waals surface area contributed by atoms with Crippen molar-refractivity contribution in [1.29, 1.82) is 0 Å². The summed E-state index contributed by atoms with van der Waals surface area (Å²) in [6.45, 7) is 12.0. The Morgan fingerprint density at radius 3 is 2.65 bits per heavy atom. The number of nitrogens with one attached hydrogen (secondary N) is 1. The molecule has 0 bridgehead atoms. The minimum Gasteiger partial charge on any atom is -0.380 e. The van der Waals surface area contributed by atoms with Gasteiger partial charge in [-0.3, -0.25) is 0 Å². The lowest BCUT2D eigenvalue weighted by molar-refractivity contribution is 0.108. The molecule has 1 aliphatic rings. The summed E-state index contributed by atoms with van der Waals surface area (Å²) < 4.78 is 5.64. The zero-order valence-electron chi connectivity index (χ0n) is 12.2. The molecule has 1 rings (SSSR count). The quantitative estimate of drug-likeness (QED) is 0.688. The average Bonchev–Trinajstić information content (AvgIpc) is 2.24. The molecule has 1 N–H and O–H groups in total. The Hall–Kier alpha value is -0.0800. The van der Waals surface area contributed by atoms with Gasteiger partial charge in [0.1, 0.15) is 0 Å². The van der Waals surface area contributed by atoms with Gasteiger partial charge in [0.25, 0.3) is 0 Å². The van der Waals surface area contributed by atoms with Crippen molar-refractivity contribution >= 4 is 0 Å². The van der Waals surface area contributed by atoms with Crippen LogP contribution in [0.1, 0.15) is 59.8 Å². The van der Waals surface area contributed by atoms with Crippen LogP contribution in [0.15, 0.2) is 0 Å². The molecule has 0 radical (unpaired) electrons. The summed E-state index contributed by atoms with van der Waals surface area (Å²) in [6.07, 6.45) is 6.65. The number of hydrogen-bond donors (Lipinski definition) is 1. The molecule has 0 aromatic rings. The van der Waals surface area contributed by atoms with E-state index < -0.39 is 0 Å². The van der Waals surface area contributed by atoms with Crippen LogP contribution in [0.25, 0.3) is 0 Å². The fraction of sp³-hybridized carbons (Fsp3) is 1.00. The maximum absolute atomic E-state index is 5.64. The molecule has 0 aromatic carbocycles. The Bertz CT molecular complexity index is 201. The van der Waals surface area contributed by atoms with Gasteiger partial charge < -0.3 is 10.1 Å². The molecule has 1 saturated carbocycles. The third-order valence-corrected chi connectivity index (χ3v) is 3.98. The summed E-state index contributed by atoms with van der Waals surface area (Å²) in [4.78, 5) is 0. The molecule has 1 atom stereocenters. The second-order valence-corrected chi connectivity index (χ2v) is 6.54. The summed E-state index contributed by atoms with van der Waals surface area (Å²) in [5.74, 6) is 0.750. The van der Waals surface area contributed by atoms with Gasteiger partial charge in [-0.25, -0.2) is 0 Å². The standard InChI is InChI=1S/C15H31NO/c1-13(2)8-11-17-12-10-16-14-7-5-6-9-15(14,3)4/h13-14,16H,5-12H2,1-4H3. The summed E-state index contributed by atoms with van der Waals surface area (Å²) in [5.41, 5.74) is 0.468. The number of rotatable bonds is 7. The molecule has 2 heteroatoms. The van der Waals surface area contributed by atoms with Gasteiger partial charge >= 0.3 is 0 Å². The SMILES string of the molecule is CC(C)CCOCCNC1CCCCC1(C)C. The molecule has 1 unspecified atom stereocenters. The molecule has 1 fully saturated rings. The molecule has 17 heavy (non-hydrogen) atoms. The Balaban J connectivity index is 2.05. The normalized spacial score (nSPS) is 24.2. The Kier molecular flexibility index (Phi) is 6.50. The van der Waals surface area contributed by atoms with Crippen LogP contribution < -0.4 is 5.32 Å². The lowest BCUT2D eigenvalue weighted by atomic mass is 9.73. The van der Waals surface area contributed by atoms with Crippen molar-refractivity contribution in [2.45, 2.75) is 65.8 Å². The van der Waals surface area contributed by atoms with Crippen LogP contribution in [0.4, 0.5) is 0 Å². The third kappa shape index (κ3) is 5.87. The fourth-order valence-corrected chi connectivity index (χ4v) is 2.60. The molecule has 1 aliphatic carbocycles. The van der Waals surface area contributed by atoms with Crippen LogP contribution >= 0.6 is 0 Å². The first-order valence-electron chi connectivity index (χ1n) is 7.33. The summed E-state index contributed by atoms with van der Waals surface area (Å²) in [5, 5.41) is 3.67. The van der Waals surface area contributed by atoms with Crippen molar-refractivity contribution in [3.05, 3.63) is 0 Å². The Morgan fingerprint density at radius 1 is 1.24 bits per heavy atom. The van der Waals surface area contributed by atoms with Crippen LogP contribution in [0, 0.1) is 11.3 Å². The van der Waals surface area contributed by atoms with E-state index in [0.717, 1.165) is 25.7 Å². The largest absolute Gasteiger partial charge is 0.380 e. The van der Waals surface area contributed by atoms with Gasteiger partial charge in [-0.2, -0.15) is 0 Å². The van der Waals surface area contributed by atoms with Gasteiger partial charge in [0.15, 0.2) is 0 Å². The lowest BCUT2D eigenvalue weighted by Crippen LogP contribution is -2.45. The van der Waals surface area contributed by atoms with Crippen molar-refractivity contribution in [2.75, 3.05) is 19.8 Å². The Labute approximate surface area is 108 Å². The van der Waals surface area contributed by atoms with E-state index in [0.29, 0.717) is 11.5 Å². The van der Waals surface area contributed by atoms with Gasteiger partial charge in [-0.1, -0.05) is 40.5 Å². The monoisotopic (exact) mass is 241 g/mol. The van der Waals surface area contributed by atoms with E-state index in [1.54, 1.807) is 0 Å². The predicted molar refractivity (Wildman–Crippen MR) is 74.3 cm³/mol. The molecule has 2 nitrogen and oxygen atoms in total. The minimum atomic E-state index is 0.468. The molecule has 0 aliphatic heterocycles. The first-order valence-corrected chi connectivity index (χ1v) is 7.33. The molecular formula is C15H31NO. The Morgan fingerprint density at radius 2 is 2.00 bits per heavy atom. The van der Waals surface area contributed by atoms with Gasteiger partial charge in [0.05, 0.1) is 6.61 Å². The molecule has 0 heterocycles. The van der Waals surface area contributed by atoms with Crippen molar-refractivity contribution in [2.24, 2.45) is 11.3 Å². The summed E-state index contributed by atoms with van der Waals surface area (Å²) in [6, 6.07) is 0.685. The second-order valence-electron chi connectivity index (χ2n) is 6.54. The fourth-order valence-electron chi connectivity index (χ4n) is 2.60. The molecule has 0 amide bonds. The first kappa shape index (κ1) is 15.0. The maximum Gasteiger partial charge on any atom is 0.0591 e. The van der Waals surface area contributed by atoms with Gasteiger partial charge in [0.2, 0.25) is 0 Å². The molecule has 0 aromatic heterocycles. The van der Waals surface area contributed by atoms with E-state index in [-0.39, 0.29) is 0 Å². The zero-order chi connectivity index (χ0) is 12.7. The number of hydrogen-bond acceptors (Lipinski definition) is 2. The maximum atomic E-state index is 5.64. The van der Waals surface area contributed by atoms with Crippen molar-refractivity contribution in [3.8, 4) is 0 Å². The molecular weight excluding hydrogens is 210 g/mol. The van der Waals surface area contributed by atoms with E-state index >= 15 is 0 Å². The van der Waals surface area contributed by atoms with Gasteiger partial charge in [-0.05, 0) is 30.6 Å². The summed E-state index contributed by atoms with van der Waals surface area (Å²) >= 11 is 0. The van der Waals surface area contributed by atoms with Crippen LogP contribution in [-0.4, -0.2) is 25.8 Å². The van der Waals surface area contributed by atoms with Crippen molar-refractivity contribution in [1.82, 2.24) is 5.32 Å². The summed E-state index contributed by atoms with van der Waals surface area (Å²) in [7, 11) is 0. The highest BCUT2D eigenvalue weighted by Gasteiger charge is 2.31. The van der Waals surface area contributed by atoms with Crippen LogP contribution in [-0.2, 0) is 4.74 Å². The zero-order valence-corrected chi connectivity index (χ0v) is 12.2. The first-order chi connectivity index (χ1) is 8.02. The highest BCUT2D eigenvalue weighted by molar-refractivity contribution is 4.87. The van der Waals surface area contributed by atoms with Crippen LogP contribution in [0.2, 0.25) is 0 Å². The van der Waals surface area contributed by atoms with Gasteiger partial charge in [0, 0.05) is 19.2 Å². The highest BCUT2D eigenvalue weighted by atomic mass is 16.5. The molecule has 0 saturated heterocycles. The van der Waals surface area contributed by atoms with Crippen LogP contribution in [0.5, 0.6) is 0 Å². The van der Waals surface area contributed by atoms with Crippen molar-refractivity contribution < 1.29 is 4.74 Å². The van der Waals surface area contributed by atoms with E-state index in [1.165, 1.54) is 32.1 Å².